The Labute approximate surface area is 141 Å². The van der Waals surface area contributed by atoms with Gasteiger partial charge in [0.1, 0.15) is 0 Å². The van der Waals surface area contributed by atoms with E-state index in [9.17, 15) is 4.79 Å². The van der Waals surface area contributed by atoms with Crippen LogP contribution in [0.15, 0.2) is 36.4 Å². The van der Waals surface area contributed by atoms with Crippen molar-refractivity contribution in [1.29, 1.82) is 0 Å². The molecule has 0 saturated heterocycles. The fourth-order valence-electron chi connectivity index (χ4n) is 3.38. The summed E-state index contributed by atoms with van der Waals surface area (Å²) in [5.74, 6) is 0.891. The number of ether oxygens (including phenoxy) is 2. The molecule has 1 aliphatic heterocycles. The van der Waals surface area contributed by atoms with Gasteiger partial charge in [-0.1, -0.05) is 6.07 Å². The number of hydrogen-bond acceptors (Lipinski definition) is 3. The van der Waals surface area contributed by atoms with E-state index in [0.29, 0.717) is 5.56 Å². The maximum atomic E-state index is 12.4. The summed E-state index contributed by atoms with van der Waals surface area (Å²) >= 11 is 0. The Morgan fingerprint density at radius 3 is 2.46 bits per heavy atom. The van der Waals surface area contributed by atoms with Crippen molar-refractivity contribution < 1.29 is 14.3 Å². The second-order valence-electron chi connectivity index (χ2n) is 6.74. The molecular weight excluding hydrogens is 302 g/mol. The average Bonchev–Trinajstić information content (AvgIpc) is 3.15. The molecule has 0 bridgehead atoms. The van der Waals surface area contributed by atoms with E-state index >= 15 is 0 Å². The van der Waals surface area contributed by atoms with Crippen molar-refractivity contribution in [3.05, 3.63) is 53.1 Å². The molecular formula is C20H21NO3. The van der Waals surface area contributed by atoms with Gasteiger partial charge in [0.15, 0.2) is 11.5 Å². The number of amides is 1. The monoisotopic (exact) mass is 323 g/mol. The van der Waals surface area contributed by atoms with E-state index in [1.165, 1.54) is 5.56 Å². The minimum atomic E-state index is -0.473. The summed E-state index contributed by atoms with van der Waals surface area (Å²) in [5, 5.41) is 2.94. The van der Waals surface area contributed by atoms with Crippen molar-refractivity contribution in [1.82, 2.24) is 0 Å². The minimum Gasteiger partial charge on any atom is -0.448 e. The topological polar surface area (TPSA) is 47.6 Å². The van der Waals surface area contributed by atoms with E-state index in [-0.39, 0.29) is 5.91 Å². The van der Waals surface area contributed by atoms with Crippen molar-refractivity contribution in [3.63, 3.8) is 0 Å². The molecule has 1 N–H and O–H groups in total. The molecule has 4 rings (SSSR count). The van der Waals surface area contributed by atoms with E-state index in [4.69, 9.17) is 9.47 Å². The van der Waals surface area contributed by atoms with Crippen LogP contribution < -0.4 is 14.8 Å². The van der Waals surface area contributed by atoms with E-state index in [0.717, 1.165) is 48.4 Å². The third-order valence-electron chi connectivity index (χ3n) is 4.93. The highest BCUT2D eigenvalue weighted by Gasteiger charge is 2.44. The molecule has 2 aromatic carbocycles. The summed E-state index contributed by atoms with van der Waals surface area (Å²) < 4.78 is 12.0. The van der Waals surface area contributed by atoms with Crippen LogP contribution in [-0.4, -0.2) is 11.7 Å². The molecule has 1 amide bonds. The zero-order chi connectivity index (χ0) is 16.7. The van der Waals surface area contributed by atoms with Gasteiger partial charge in [0, 0.05) is 30.2 Å². The second-order valence-corrected chi connectivity index (χ2v) is 6.74. The van der Waals surface area contributed by atoms with E-state index < -0.39 is 5.79 Å². The van der Waals surface area contributed by atoms with Crippen LogP contribution in [0, 0.1) is 13.8 Å². The average molecular weight is 323 g/mol. The number of carbonyl (C=O) groups excluding carboxylic acids is 1. The summed E-state index contributed by atoms with van der Waals surface area (Å²) in [6, 6.07) is 11.3. The molecule has 2 aliphatic rings. The first-order valence-corrected chi connectivity index (χ1v) is 8.45. The molecule has 1 fully saturated rings. The fraction of sp³-hybridized carbons (Fsp3) is 0.350. The normalized spacial score (nSPS) is 17.2. The third kappa shape index (κ3) is 2.62. The van der Waals surface area contributed by atoms with Gasteiger partial charge in [-0.05, 0) is 62.1 Å². The molecule has 1 spiro atoms. The fourth-order valence-corrected chi connectivity index (χ4v) is 3.38. The Hall–Kier alpha value is -2.49. The lowest BCUT2D eigenvalue weighted by Gasteiger charge is -2.21. The highest BCUT2D eigenvalue weighted by Crippen LogP contribution is 2.47. The van der Waals surface area contributed by atoms with Gasteiger partial charge in [0.2, 0.25) is 0 Å². The summed E-state index contributed by atoms with van der Waals surface area (Å²) in [4.78, 5) is 12.4. The van der Waals surface area contributed by atoms with Gasteiger partial charge in [0.25, 0.3) is 11.7 Å². The first kappa shape index (κ1) is 15.1. The van der Waals surface area contributed by atoms with Gasteiger partial charge in [-0.25, -0.2) is 0 Å². The first-order chi connectivity index (χ1) is 11.5. The van der Waals surface area contributed by atoms with Gasteiger partial charge in [-0.2, -0.15) is 0 Å². The largest absolute Gasteiger partial charge is 0.448 e. The zero-order valence-corrected chi connectivity index (χ0v) is 14.0. The SMILES string of the molecule is Cc1ccc(C(=O)Nc2ccc3c(c2)OC2(CCCC2)O3)cc1C. The summed E-state index contributed by atoms with van der Waals surface area (Å²) in [5.41, 5.74) is 3.66. The minimum absolute atomic E-state index is 0.118. The van der Waals surface area contributed by atoms with E-state index in [2.05, 4.69) is 5.32 Å². The second kappa shape index (κ2) is 5.55. The number of carbonyl (C=O) groups is 1. The van der Waals surface area contributed by atoms with Crippen LogP contribution >= 0.6 is 0 Å². The molecule has 0 radical (unpaired) electrons. The molecule has 24 heavy (non-hydrogen) atoms. The third-order valence-corrected chi connectivity index (χ3v) is 4.93. The van der Waals surface area contributed by atoms with Gasteiger partial charge < -0.3 is 14.8 Å². The van der Waals surface area contributed by atoms with Gasteiger partial charge in [-0.15, -0.1) is 0 Å². The standard InChI is InChI=1S/C20H21NO3/c1-13-5-6-15(11-14(13)2)19(22)21-16-7-8-17-18(12-16)24-20(23-17)9-3-4-10-20/h5-8,11-12H,3-4,9-10H2,1-2H3,(H,21,22). The molecule has 1 saturated carbocycles. The number of nitrogens with one attached hydrogen (secondary N) is 1. The van der Waals surface area contributed by atoms with Crippen LogP contribution in [-0.2, 0) is 0 Å². The smallest absolute Gasteiger partial charge is 0.255 e. The van der Waals surface area contributed by atoms with E-state index in [1.54, 1.807) is 0 Å². The Kier molecular flexibility index (Phi) is 3.48. The highest BCUT2D eigenvalue weighted by molar-refractivity contribution is 6.04. The maximum Gasteiger partial charge on any atom is 0.255 e. The number of rotatable bonds is 2. The summed E-state index contributed by atoms with van der Waals surface area (Å²) in [7, 11) is 0. The van der Waals surface area contributed by atoms with Gasteiger partial charge in [-0.3, -0.25) is 4.79 Å². The van der Waals surface area contributed by atoms with Crippen LogP contribution in [0.2, 0.25) is 0 Å². The van der Waals surface area contributed by atoms with Crippen molar-refractivity contribution in [2.24, 2.45) is 0 Å². The van der Waals surface area contributed by atoms with Crippen molar-refractivity contribution in [2.75, 3.05) is 5.32 Å². The van der Waals surface area contributed by atoms with Gasteiger partial charge >= 0.3 is 0 Å². The van der Waals surface area contributed by atoms with Crippen LogP contribution in [0.5, 0.6) is 11.5 Å². The number of fused-ring (bicyclic) bond motifs is 1. The number of hydrogen-bond donors (Lipinski definition) is 1. The first-order valence-electron chi connectivity index (χ1n) is 8.45. The van der Waals surface area contributed by atoms with Gasteiger partial charge in [0.05, 0.1) is 0 Å². The maximum absolute atomic E-state index is 12.4. The molecule has 1 aliphatic carbocycles. The number of aryl methyl sites for hydroxylation is 2. The number of benzene rings is 2. The summed E-state index contributed by atoms with van der Waals surface area (Å²) in [6.07, 6.45) is 4.10. The highest BCUT2D eigenvalue weighted by atomic mass is 16.7. The molecule has 2 aromatic rings. The van der Waals surface area contributed by atoms with Crippen LogP contribution in [0.4, 0.5) is 5.69 Å². The van der Waals surface area contributed by atoms with Crippen molar-refractivity contribution in [2.45, 2.75) is 45.3 Å². The molecule has 0 aromatic heterocycles. The molecule has 0 atom stereocenters. The molecule has 4 nitrogen and oxygen atoms in total. The van der Waals surface area contributed by atoms with Crippen LogP contribution in [0.1, 0.15) is 47.2 Å². The van der Waals surface area contributed by atoms with Crippen LogP contribution in [0.3, 0.4) is 0 Å². The number of anilines is 1. The lowest BCUT2D eigenvalue weighted by atomic mass is 10.1. The lowest BCUT2D eigenvalue weighted by molar-refractivity contribution is -0.0716. The Bertz CT molecular complexity index is 807. The Morgan fingerprint density at radius 2 is 1.71 bits per heavy atom. The van der Waals surface area contributed by atoms with E-state index in [1.807, 2.05) is 50.2 Å². The van der Waals surface area contributed by atoms with Crippen molar-refractivity contribution in [3.8, 4) is 11.5 Å². The zero-order valence-electron chi connectivity index (χ0n) is 14.0. The molecule has 0 unspecified atom stereocenters. The summed E-state index contributed by atoms with van der Waals surface area (Å²) in [6.45, 7) is 4.04. The Morgan fingerprint density at radius 1 is 0.958 bits per heavy atom. The Balaban J connectivity index is 1.52. The molecule has 124 valence electrons. The predicted octanol–water partition coefficient (Wildman–Crippen LogP) is 4.60. The molecule has 1 heterocycles. The quantitative estimate of drug-likeness (QED) is 0.879. The molecule has 4 heteroatoms. The predicted molar refractivity (Wildman–Crippen MR) is 92.8 cm³/mol. The van der Waals surface area contributed by atoms with Crippen molar-refractivity contribution >= 4 is 11.6 Å². The van der Waals surface area contributed by atoms with Crippen LogP contribution in [0.25, 0.3) is 0 Å². The lowest BCUT2D eigenvalue weighted by Crippen LogP contribution is -2.34.